The number of hydrogen-bond donors (Lipinski definition) is 1. The third-order valence-corrected chi connectivity index (χ3v) is 5.33. The minimum Gasteiger partial charge on any atom is -0.319 e. The Kier molecular flexibility index (Phi) is 5.57. The van der Waals surface area contributed by atoms with Gasteiger partial charge in [-0.25, -0.2) is 9.67 Å². The summed E-state index contributed by atoms with van der Waals surface area (Å²) < 4.78 is 1.64. The molecule has 7 heteroatoms. The van der Waals surface area contributed by atoms with Crippen molar-refractivity contribution in [1.82, 2.24) is 14.8 Å². The van der Waals surface area contributed by atoms with Gasteiger partial charge in [-0.2, -0.15) is 0 Å². The molecule has 4 aromatic rings. The molecule has 1 N–H and O–H groups in total. The van der Waals surface area contributed by atoms with Crippen molar-refractivity contribution >= 4 is 34.8 Å². The van der Waals surface area contributed by atoms with Crippen LogP contribution in [-0.2, 0) is 0 Å². The Balaban J connectivity index is 1.77. The number of nitrogens with one attached hydrogen (secondary N) is 1. The van der Waals surface area contributed by atoms with Crippen LogP contribution in [0.1, 0.15) is 21.7 Å². The van der Waals surface area contributed by atoms with E-state index in [-0.39, 0.29) is 5.82 Å². The van der Waals surface area contributed by atoms with Crippen molar-refractivity contribution < 1.29 is 4.79 Å². The molecule has 150 valence electrons. The van der Waals surface area contributed by atoms with Crippen molar-refractivity contribution in [2.24, 2.45) is 0 Å². The van der Waals surface area contributed by atoms with Gasteiger partial charge in [0, 0.05) is 21.3 Å². The summed E-state index contributed by atoms with van der Waals surface area (Å²) in [4.78, 5) is 17.4. The van der Waals surface area contributed by atoms with Crippen molar-refractivity contribution in [3.05, 3.63) is 93.7 Å². The Labute approximate surface area is 184 Å². The molecule has 3 aromatic carbocycles. The number of hydrogen-bond acceptors (Lipinski definition) is 3. The Morgan fingerprint density at radius 2 is 1.70 bits per heavy atom. The van der Waals surface area contributed by atoms with Gasteiger partial charge in [-0.05, 0) is 55.8 Å². The van der Waals surface area contributed by atoms with Crippen LogP contribution in [0.25, 0.3) is 17.1 Å². The van der Waals surface area contributed by atoms with E-state index < -0.39 is 5.91 Å². The lowest BCUT2D eigenvalue weighted by atomic mass is 10.2. The lowest BCUT2D eigenvalue weighted by molar-refractivity contribution is 0.101. The second-order valence-corrected chi connectivity index (χ2v) is 7.73. The van der Waals surface area contributed by atoms with Gasteiger partial charge in [0.15, 0.2) is 5.82 Å². The molecule has 1 aromatic heterocycles. The summed E-state index contributed by atoms with van der Waals surface area (Å²) in [6.07, 6.45) is 0. The summed E-state index contributed by atoms with van der Waals surface area (Å²) in [7, 11) is 0. The largest absolute Gasteiger partial charge is 0.319 e. The van der Waals surface area contributed by atoms with Gasteiger partial charge in [-0.15, -0.1) is 5.10 Å². The number of anilines is 1. The van der Waals surface area contributed by atoms with Crippen molar-refractivity contribution in [1.29, 1.82) is 0 Å². The number of nitrogens with zero attached hydrogens (tertiary/aromatic N) is 3. The van der Waals surface area contributed by atoms with Crippen LogP contribution >= 0.6 is 23.2 Å². The number of rotatable bonds is 4. The first kappa shape index (κ1) is 20.1. The van der Waals surface area contributed by atoms with E-state index in [1.807, 2.05) is 50.2 Å². The maximum absolute atomic E-state index is 12.9. The zero-order valence-corrected chi connectivity index (χ0v) is 17.9. The van der Waals surface area contributed by atoms with Gasteiger partial charge in [0.25, 0.3) is 5.91 Å². The van der Waals surface area contributed by atoms with E-state index in [0.717, 1.165) is 22.4 Å². The predicted octanol–water partition coefficient (Wildman–Crippen LogP) is 6.11. The fourth-order valence-electron chi connectivity index (χ4n) is 3.01. The zero-order valence-electron chi connectivity index (χ0n) is 16.4. The number of aromatic nitrogens is 3. The third kappa shape index (κ3) is 4.08. The normalized spacial score (nSPS) is 10.8. The Hall–Kier alpha value is -3.15. The minimum absolute atomic E-state index is 0.0462. The summed E-state index contributed by atoms with van der Waals surface area (Å²) in [6.45, 7) is 3.85. The minimum atomic E-state index is -0.422. The van der Waals surface area contributed by atoms with Gasteiger partial charge < -0.3 is 5.32 Å². The smallest absolute Gasteiger partial charge is 0.295 e. The van der Waals surface area contributed by atoms with E-state index in [0.29, 0.717) is 21.6 Å². The summed E-state index contributed by atoms with van der Waals surface area (Å²) >= 11 is 12.3. The first-order valence-electron chi connectivity index (χ1n) is 9.29. The van der Waals surface area contributed by atoms with Gasteiger partial charge >= 0.3 is 0 Å². The summed E-state index contributed by atoms with van der Waals surface area (Å²) in [5.74, 6) is 0.147. The molecular weight excluding hydrogens is 419 g/mol. The average Bonchev–Trinajstić information content (AvgIpc) is 3.18. The van der Waals surface area contributed by atoms with Crippen molar-refractivity contribution in [2.75, 3.05) is 5.32 Å². The van der Waals surface area contributed by atoms with E-state index in [1.54, 1.807) is 35.0 Å². The van der Waals surface area contributed by atoms with E-state index in [2.05, 4.69) is 15.4 Å². The first-order chi connectivity index (χ1) is 14.4. The maximum atomic E-state index is 12.9. The van der Waals surface area contributed by atoms with Crippen molar-refractivity contribution in [3.63, 3.8) is 0 Å². The quantitative estimate of drug-likeness (QED) is 0.419. The molecule has 0 fully saturated rings. The molecule has 0 aliphatic rings. The van der Waals surface area contributed by atoms with Crippen LogP contribution in [0.3, 0.4) is 0 Å². The van der Waals surface area contributed by atoms with Crippen LogP contribution < -0.4 is 5.32 Å². The average molecular weight is 437 g/mol. The predicted molar refractivity (Wildman–Crippen MR) is 121 cm³/mol. The molecule has 0 saturated heterocycles. The summed E-state index contributed by atoms with van der Waals surface area (Å²) in [5, 5.41) is 8.48. The zero-order chi connectivity index (χ0) is 21.3. The molecule has 0 unspecified atom stereocenters. The Bertz CT molecular complexity index is 1230. The number of aryl methyl sites for hydroxylation is 1. The molecule has 5 nitrogen and oxygen atoms in total. The van der Waals surface area contributed by atoms with Crippen LogP contribution in [-0.4, -0.2) is 20.7 Å². The number of benzene rings is 3. The van der Waals surface area contributed by atoms with Gasteiger partial charge in [-0.3, -0.25) is 4.79 Å². The molecule has 0 aliphatic carbocycles. The standard InChI is InChI=1S/C23H18Cl2N4O/c1-14-9-11-18(12-10-14)29-22(16-5-3-6-17(24)13-16)27-21(28-29)23(30)26-20-8-4-7-19(25)15(20)2/h3-13H,1-2H3,(H,26,30). The van der Waals surface area contributed by atoms with Crippen LogP contribution in [0.2, 0.25) is 10.0 Å². The second kappa shape index (κ2) is 8.30. The SMILES string of the molecule is Cc1ccc(-n2nc(C(=O)Nc3cccc(Cl)c3C)nc2-c2cccc(Cl)c2)cc1. The van der Waals surface area contributed by atoms with E-state index in [1.165, 1.54) is 0 Å². The fraction of sp³-hybridized carbons (Fsp3) is 0.0870. The molecule has 0 spiro atoms. The van der Waals surface area contributed by atoms with E-state index in [9.17, 15) is 4.79 Å². The van der Waals surface area contributed by atoms with E-state index in [4.69, 9.17) is 23.2 Å². The molecule has 0 saturated carbocycles. The fourth-order valence-corrected chi connectivity index (χ4v) is 3.37. The highest BCUT2D eigenvalue weighted by atomic mass is 35.5. The van der Waals surface area contributed by atoms with Crippen LogP contribution in [0.4, 0.5) is 5.69 Å². The van der Waals surface area contributed by atoms with Gasteiger partial charge in [0.2, 0.25) is 5.82 Å². The van der Waals surface area contributed by atoms with Crippen LogP contribution in [0.15, 0.2) is 66.7 Å². The number of carbonyl (C=O) groups excluding carboxylic acids is 1. The lowest BCUT2D eigenvalue weighted by Gasteiger charge is -2.07. The first-order valence-corrected chi connectivity index (χ1v) is 10.0. The van der Waals surface area contributed by atoms with Crippen LogP contribution in [0, 0.1) is 13.8 Å². The topological polar surface area (TPSA) is 59.8 Å². The molecule has 0 radical (unpaired) electrons. The monoisotopic (exact) mass is 436 g/mol. The third-order valence-electron chi connectivity index (χ3n) is 4.69. The summed E-state index contributed by atoms with van der Waals surface area (Å²) in [5.41, 5.74) is 4.07. The van der Waals surface area contributed by atoms with Crippen LogP contribution in [0.5, 0.6) is 0 Å². The number of halogens is 2. The molecule has 1 heterocycles. The highest BCUT2D eigenvalue weighted by Crippen LogP contribution is 2.26. The molecular formula is C23H18Cl2N4O. The summed E-state index contributed by atoms with van der Waals surface area (Å²) in [6, 6.07) is 20.4. The molecule has 0 aliphatic heterocycles. The van der Waals surface area contributed by atoms with Crippen molar-refractivity contribution in [3.8, 4) is 17.1 Å². The lowest BCUT2D eigenvalue weighted by Crippen LogP contribution is -2.15. The molecule has 1 amide bonds. The molecule has 4 rings (SSSR count). The Morgan fingerprint density at radius 3 is 2.43 bits per heavy atom. The molecule has 30 heavy (non-hydrogen) atoms. The molecule has 0 atom stereocenters. The highest BCUT2D eigenvalue weighted by Gasteiger charge is 2.20. The van der Waals surface area contributed by atoms with E-state index >= 15 is 0 Å². The highest BCUT2D eigenvalue weighted by molar-refractivity contribution is 6.32. The van der Waals surface area contributed by atoms with Gasteiger partial charge in [0.1, 0.15) is 0 Å². The molecule has 0 bridgehead atoms. The van der Waals surface area contributed by atoms with Gasteiger partial charge in [0.05, 0.1) is 5.69 Å². The number of carbonyl (C=O) groups is 1. The Morgan fingerprint density at radius 1 is 0.967 bits per heavy atom. The van der Waals surface area contributed by atoms with Gasteiger partial charge in [-0.1, -0.05) is 59.1 Å². The maximum Gasteiger partial charge on any atom is 0.295 e. The van der Waals surface area contributed by atoms with Crippen molar-refractivity contribution in [2.45, 2.75) is 13.8 Å². The number of amides is 1. The second-order valence-electron chi connectivity index (χ2n) is 6.88.